The molecule has 0 aliphatic heterocycles. The Hall–Kier alpha value is -6.17. The van der Waals surface area contributed by atoms with E-state index in [1.807, 2.05) is 50.4 Å². The number of pyridine rings is 1. The van der Waals surface area contributed by atoms with Crippen molar-refractivity contribution in [3.8, 4) is 50.6 Å². The molecule has 3 heterocycles. The number of hydrogen-bond acceptors (Lipinski definition) is 3. The van der Waals surface area contributed by atoms with Gasteiger partial charge in [-0.1, -0.05) is 176 Å². The average Bonchev–Trinajstić information content (AvgIpc) is 3.99. The van der Waals surface area contributed by atoms with E-state index in [0.29, 0.717) is 0 Å². The number of rotatable bonds is 8. The molecule has 349 valence electrons. The SMILES string of the molecule is CC(C)c1cc(-c2ccccc2)cc(C(C)C)c1-n1c(-c2[c-]ccc3c2oc2c4c(ccc23)C(C)(C)c2ccccc2-4)nc2ccccc21.[2H]C(C)(C)c1cc(-c2[c-]cccc2)ncc1[Si](C)(C)C.[Ir]. The first-order valence-corrected chi connectivity index (χ1v) is 27.6. The number of furan rings is 1. The zero-order valence-electron chi connectivity index (χ0n) is 42.7. The second-order valence-corrected chi connectivity index (χ2v) is 25.9. The fourth-order valence-electron chi connectivity index (χ4n) is 10.4. The van der Waals surface area contributed by atoms with Gasteiger partial charge in [-0.3, -0.25) is 4.98 Å². The fourth-order valence-corrected chi connectivity index (χ4v) is 11.9. The van der Waals surface area contributed by atoms with E-state index in [2.05, 4.69) is 198 Å². The maximum absolute atomic E-state index is 8.44. The van der Waals surface area contributed by atoms with Gasteiger partial charge in [0.1, 0.15) is 5.58 Å². The molecule has 6 heteroatoms. The summed E-state index contributed by atoms with van der Waals surface area (Å²) in [6, 6.07) is 58.2. The van der Waals surface area contributed by atoms with Gasteiger partial charge in [0.05, 0.1) is 30.5 Å². The molecule has 0 atom stereocenters. The van der Waals surface area contributed by atoms with Crippen molar-refractivity contribution in [1.82, 2.24) is 14.5 Å². The topological polar surface area (TPSA) is 43.9 Å². The van der Waals surface area contributed by atoms with Crippen molar-refractivity contribution in [3.05, 3.63) is 192 Å². The Balaban J connectivity index is 0.000000244. The van der Waals surface area contributed by atoms with Gasteiger partial charge in [0.25, 0.3) is 0 Å². The number of aromatic nitrogens is 3. The van der Waals surface area contributed by atoms with Crippen molar-refractivity contribution < 1.29 is 25.9 Å². The number of imidazole rings is 1. The molecule has 0 unspecified atom stereocenters. The van der Waals surface area contributed by atoms with Crippen LogP contribution in [0, 0.1) is 12.1 Å². The van der Waals surface area contributed by atoms with Gasteiger partial charge in [0, 0.05) is 49.7 Å². The zero-order chi connectivity index (χ0) is 48.6. The van der Waals surface area contributed by atoms with E-state index in [-0.39, 0.29) is 37.4 Å². The minimum absolute atomic E-state index is 0. The monoisotopic (exact) mass is 1100 g/mol. The van der Waals surface area contributed by atoms with Gasteiger partial charge >= 0.3 is 0 Å². The van der Waals surface area contributed by atoms with Crippen LogP contribution in [0.2, 0.25) is 19.6 Å². The van der Waals surface area contributed by atoms with Crippen LogP contribution in [-0.2, 0) is 25.5 Å². The van der Waals surface area contributed by atoms with E-state index in [9.17, 15) is 0 Å². The van der Waals surface area contributed by atoms with Gasteiger partial charge in [-0.05, 0) is 91.8 Å². The first-order chi connectivity index (χ1) is 32.9. The smallest absolute Gasteiger partial charge is 0.129 e. The summed E-state index contributed by atoms with van der Waals surface area (Å²) < 4.78 is 17.9. The van der Waals surface area contributed by atoms with Gasteiger partial charge in [-0.15, -0.1) is 54.1 Å². The molecule has 0 saturated carbocycles. The average molecular weight is 1100 g/mol. The Labute approximate surface area is 424 Å². The van der Waals surface area contributed by atoms with E-state index in [1.54, 1.807) is 0 Å². The predicted molar refractivity (Wildman–Crippen MR) is 289 cm³/mol. The molecule has 1 radical (unpaired) electrons. The molecule has 69 heavy (non-hydrogen) atoms. The van der Waals surface area contributed by atoms with Crippen molar-refractivity contribution in [2.24, 2.45) is 0 Å². The molecule has 0 spiro atoms. The Bertz CT molecular complexity index is 3530. The van der Waals surface area contributed by atoms with Gasteiger partial charge in [-0.2, -0.15) is 0 Å². The minimum Gasteiger partial charge on any atom is -0.500 e. The molecule has 0 saturated heterocycles. The molecular weight excluding hydrogens is 1040 g/mol. The summed E-state index contributed by atoms with van der Waals surface area (Å²) in [6.45, 7) is 24.6. The van der Waals surface area contributed by atoms with E-state index in [4.69, 9.17) is 10.8 Å². The summed E-state index contributed by atoms with van der Waals surface area (Å²) in [6.07, 6.45) is 1.98. The van der Waals surface area contributed by atoms with Crippen LogP contribution < -0.4 is 5.19 Å². The van der Waals surface area contributed by atoms with Crippen molar-refractivity contribution >= 4 is 46.2 Å². The van der Waals surface area contributed by atoms with Crippen molar-refractivity contribution in [3.63, 3.8) is 0 Å². The third-order valence-corrected chi connectivity index (χ3v) is 15.9. The summed E-state index contributed by atoms with van der Waals surface area (Å²) in [5, 5.41) is 3.48. The molecule has 4 nitrogen and oxygen atoms in total. The van der Waals surface area contributed by atoms with Crippen LogP contribution in [0.4, 0.5) is 0 Å². The van der Waals surface area contributed by atoms with Crippen LogP contribution in [0.5, 0.6) is 0 Å². The maximum Gasteiger partial charge on any atom is 0.129 e. The Morgan fingerprint density at radius 3 is 2.00 bits per heavy atom. The third kappa shape index (κ3) is 8.45. The van der Waals surface area contributed by atoms with Gasteiger partial charge in [-0.25, -0.2) is 0 Å². The summed E-state index contributed by atoms with van der Waals surface area (Å²) in [5.74, 6) is 0.797. The number of benzene rings is 7. The Morgan fingerprint density at radius 1 is 0.652 bits per heavy atom. The van der Waals surface area contributed by atoms with Crippen molar-refractivity contribution in [1.29, 1.82) is 0 Å². The van der Waals surface area contributed by atoms with Crippen molar-refractivity contribution in [2.75, 3.05) is 0 Å². The maximum atomic E-state index is 8.44. The molecular formula is C63H61IrN3OSi-2. The van der Waals surface area contributed by atoms with Crippen LogP contribution in [0.25, 0.3) is 83.6 Å². The number of para-hydroxylation sites is 2. The van der Waals surface area contributed by atoms with E-state index < -0.39 is 14.0 Å². The molecule has 0 amide bonds. The largest absolute Gasteiger partial charge is 0.500 e. The van der Waals surface area contributed by atoms with E-state index >= 15 is 0 Å². The molecule has 11 rings (SSSR count). The number of nitrogens with zero attached hydrogens (tertiary/aromatic N) is 3. The van der Waals surface area contributed by atoms with Crippen LogP contribution in [0.1, 0.15) is 102 Å². The summed E-state index contributed by atoms with van der Waals surface area (Å²) in [7, 11) is -1.50. The fraction of sp³-hybridized carbons (Fsp3) is 0.238. The Morgan fingerprint density at radius 2 is 1.32 bits per heavy atom. The molecule has 3 aromatic heterocycles. The quantitative estimate of drug-likeness (QED) is 0.112. The first kappa shape index (κ1) is 46.6. The molecule has 0 fully saturated rings. The normalized spacial score (nSPS) is 13.3. The summed E-state index contributed by atoms with van der Waals surface area (Å²) in [4.78, 5) is 9.97. The molecule has 10 aromatic rings. The van der Waals surface area contributed by atoms with E-state index in [1.165, 1.54) is 55.4 Å². The van der Waals surface area contributed by atoms with Crippen LogP contribution in [0.3, 0.4) is 0 Å². The van der Waals surface area contributed by atoms with Crippen LogP contribution >= 0.6 is 0 Å². The second-order valence-electron chi connectivity index (χ2n) is 20.8. The molecule has 0 bridgehead atoms. The molecule has 0 N–H and O–H groups in total. The van der Waals surface area contributed by atoms with Gasteiger partial charge < -0.3 is 14.0 Å². The molecule has 1 aliphatic carbocycles. The second kappa shape index (κ2) is 18.6. The predicted octanol–water partition coefficient (Wildman–Crippen LogP) is 16.8. The first-order valence-electron chi connectivity index (χ1n) is 24.6. The van der Waals surface area contributed by atoms with Crippen LogP contribution in [-0.4, -0.2) is 22.6 Å². The van der Waals surface area contributed by atoms with Gasteiger partial charge in [0.15, 0.2) is 0 Å². The molecule has 7 aromatic carbocycles. The third-order valence-electron chi connectivity index (χ3n) is 13.9. The zero-order valence-corrected chi connectivity index (χ0v) is 45.1. The molecule has 1 aliphatic rings. The summed E-state index contributed by atoms with van der Waals surface area (Å²) in [5.41, 5.74) is 18.9. The number of fused-ring (bicyclic) bond motifs is 8. The van der Waals surface area contributed by atoms with E-state index in [0.717, 1.165) is 61.2 Å². The van der Waals surface area contributed by atoms with Gasteiger partial charge in [0.2, 0.25) is 0 Å². The van der Waals surface area contributed by atoms with Crippen molar-refractivity contribution in [2.45, 2.75) is 98.2 Å². The standard InChI is InChI=1S/C46H39N2O.C17H22NSi.Ir/c1-27(2)35-25-30(29-15-8-7-9-16-29)26-36(28(3)4)42(35)48-40-22-13-12-21-39(40)47-45(48)34-19-14-18-31-32-23-24-38-41(44(32)49-43(31)34)33-17-10-11-20-37(33)46(38,5)6;1-13(2)15-11-16(14-9-7-6-8-10-14)18-12-17(15)19(3,4)5;/h7-18,20-28H,1-6H3;6-9,11-13H,1-5H3;/q2*-1;/i;13D;. The minimum atomic E-state index is -1.50. The Kier molecular flexibility index (Phi) is 12.6. The number of hydrogen-bond donors (Lipinski definition) is 0. The van der Waals surface area contributed by atoms with Crippen LogP contribution in [0.15, 0.2) is 156 Å². The summed E-state index contributed by atoms with van der Waals surface area (Å²) >= 11 is 0.